The van der Waals surface area contributed by atoms with Crippen LogP contribution in [0.4, 0.5) is 11.4 Å². The summed E-state index contributed by atoms with van der Waals surface area (Å²) in [4.78, 5) is 2.21. The highest BCUT2D eigenvalue weighted by molar-refractivity contribution is 6.12. The molecule has 4 aromatic carbocycles. The molecule has 0 aromatic heterocycles. The van der Waals surface area contributed by atoms with Gasteiger partial charge in [-0.15, -0.1) is 0 Å². The van der Waals surface area contributed by atoms with Gasteiger partial charge in [0.05, 0.1) is 0 Å². The van der Waals surface area contributed by atoms with Gasteiger partial charge < -0.3 is 10.6 Å². The smallest absolute Gasteiger partial charge is 0.0409 e. The molecule has 2 N–H and O–H groups in total. The summed E-state index contributed by atoms with van der Waals surface area (Å²) in [6.45, 7) is 3.27. The van der Waals surface area contributed by atoms with Gasteiger partial charge in [-0.05, 0) is 76.7 Å². The molecular formula is C33H36N2. The Morgan fingerprint density at radius 1 is 0.829 bits per heavy atom. The van der Waals surface area contributed by atoms with E-state index in [0.717, 1.165) is 18.2 Å². The van der Waals surface area contributed by atoms with Crippen LogP contribution in [0.5, 0.6) is 0 Å². The molecule has 4 aromatic rings. The first-order chi connectivity index (χ1) is 17.2. The number of allylic oxidation sites excluding steroid dienone is 2. The molecule has 0 saturated carbocycles. The van der Waals surface area contributed by atoms with Gasteiger partial charge in [-0.25, -0.2) is 0 Å². The van der Waals surface area contributed by atoms with E-state index in [0.29, 0.717) is 0 Å². The number of rotatable bonds is 4. The van der Waals surface area contributed by atoms with Crippen molar-refractivity contribution in [3.63, 3.8) is 0 Å². The van der Waals surface area contributed by atoms with Gasteiger partial charge >= 0.3 is 0 Å². The number of fused-ring (bicyclic) bond motifs is 5. The van der Waals surface area contributed by atoms with Gasteiger partial charge in [0.2, 0.25) is 0 Å². The van der Waals surface area contributed by atoms with Gasteiger partial charge in [0.25, 0.3) is 0 Å². The van der Waals surface area contributed by atoms with E-state index in [9.17, 15) is 0 Å². The Morgan fingerprint density at radius 3 is 2.43 bits per heavy atom. The van der Waals surface area contributed by atoms with E-state index in [1.165, 1.54) is 65.8 Å². The third-order valence-electron chi connectivity index (χ3n) is 7.48. The highest BCUT2D eigenvalue weighted by atomic mass is 15.1. The first-order valence-corrected chi connectivity index (χ1v) is 13.1. The molecule has 1 aliphatic carbocycles. The fourth-order valence-corrected chi connectivity index (χ4v) is 5.55. The van der Waals surface area contributed by atoms with Crippen LogP contribution in [0.1, 0.15) is 43.7 Å². The van der Waals surface area contributed by atoms with Gasteiger partial charge in [0.1, 0.15) is 0 Å². The number of nitrogens with two attached hydrogens (primary N) is 1. The number of anilines is 2. The van der Waals surface area contributed by atoms with E-state index < -0.39 is 0 Å². The van der Waals surface area contributed by atoms with Crippen molar-refractivity contribution in [2.45, 2.75) is 45.4 Å². The minimum atomic E-state index is 0.865. The van der Waals surface area contributed by atoms with E-state index >= 15 is 0 Å². The summed E-state index contributed by atoms with van der Waals surface area (Å²) in [5.74, 6) is 0.865. The standard InChI is InChI=1S/C22H25N.C11H11N/c1-2-3-5-15-8-9-16-10-11-18-17-6-4-7-22(23)20(17)13-12-19(18)21(16)14-15;1-3-7-11(8-4-1)12-9-5-2-6-10-12/h4,6-7,10-13,15H,2-3,5,8-9,14,23H2,1H3;1-9H,10H2. The summed E-state index contributed by atoms with van der Waals surface area (Å²) in [5.41, 5.74) is 11.4. The van der Waals surface area contributed by atoms with Crippen LogP contribution in [0.2, 0.25) is 0 Å². The van der Waals surface area contributed by atoms with E-state index in [1.54, 1.807) is 11.1 Å². The SMILES string of the molecule is C1=CCN(c2ccccc2)C=C1.CCCCC1CCc2ccc3c(ccc4c(N)cccc43)c2C1. The van der Waals surface area contributed by atoms with Crippen LogP contribution in [0.15, 0.2) is 97.2 Å². The highest BCUT2D eigenvalue weighted by Crippen LogP contribution is 2.37. The summed E-state index contributed by atoms with van der Waals surface area (Å²) < 4.78 is 0. The first kappa shape index (κ1) is 23.2. The van der Waals surface area contributed by atoms with Gasteiger partial charge in [-0.1, -0.05) is 92.9 Å². The zero-order chi connectivity index (χ0) is 24.0. The zero-order valence-electron chi connectivity index (χ0n) is 20.8. The van der Waals surface area contributed by atoms with Crippen molar-refractivity contribution >= 4 is 32.9 Å². The van der Waals surface area contributed by atoms with Crippen LogP contribution in [-0.4, -0.2) is 6.54 Å². The molecule has 35 heavy (non-hydrogen) atoms. The van der Waals surface area contributed by atoms with Gasteiger partial charge in [0.15, 0.2) is 0 Å². The Bertz CT molecular complexity index is 1350. The summed E-state index contributed by atoms with van der Waals surface area (Å²) in [6, 6.07) is 25.8. The molecule has 0 spiro atoms. The maximum absolute atomic E-state index is 6.16. The highest BCUT2D eigenvalue weighted by Gasteiger charge is 2.20. The molecular weight excluding hydrogens is 424 g/mol. The number of nitrogens with zero attached hydrogens (tertiary/aromatic N) is 1. The maximum atomic E-state index is 6.16. The van der Waals surface area contributed by atoms with Crippen molar-refractivity contribution in [3.05, 3.63) is 108 Å². The van der Waals surface area contributed by atoms with Crippen molar-refractivity contribution in [2.75, 3.05) is 17.2 Å². The summed E-state index contributed by atoms with van der Waals surface area (Å²) in [7, 11) is 0. The third kappa shape index (κ3) is 5.12. The van der Waals surface area contributed by atoms with Crippen LogP contribution in [0, 0.1) is 5.92 Å². The third-order valence-corrected chi connectivity index (χ3v) is 7.48. The lowest BCUT2D eigenvalue weighted by Gasteiger charge is -2.26. The number of benzene rings is 4. The molecule has 2 heteroatoms. The number of hydrogen-bond donors (Lipinski definition) is 1. The molecule has 178 valence electrons. The minimum Gasteiger partial charge on any atom is -0.398 e. The van der Waals surface area contributed by atoms with Crippen molar-refractivity contribution in [1.29, 1.82) is 0 Å². The lowest BCUT2D eigenvalue weighted by Crippen LogP contribution is -2.16. The van der Waals surface area contributed by atoms with E-state index in [4.69, 9.17) is 5.73 Å². The topological polar surface area (TPSA) is 29.3 Å². The molecule has 2 aliphatic rings. The predicted octanol–water partition coefficient (Wildman–Crippen LogP) is 8.45. The number of nitrogen functional groups attached to an aromatic ring is 1. The number of aryl methyl sites for hydroxylation is 1. The molecule has 1 heterocycles. The van der Waals surface area contributed by atoms with Gasteiger partial charge in [-0.3, -0.25) is 0 Å². The average Bonchev–Trinajstić information content (AvgIpc) is 2.93. The summed E-state index contributed by atoms with van der Waals surface area (Å²) >= 11 is 0. The fourth-order valence-electron chi connectivity index (χ4n) is 5.55. The molecule has 0 saturated heterocycles. The second-order valence-electron chi connectivity index (χ2n) is 9.81. The molecule has 6 rings (SSSR count). The fraction of sp³-hybridized carbons (Fsp3) is 0.273. The molecule has 0 fully saturated rings. The molecule has 2 nitrogen and oxygen atoms in total. The quantitative estimate of drug-likeness (QED) is 0.244. The number of para-hydroxylation sites is 1. The van der Waals surface area contributed by atoms with Crippen molar-refractivity contribution in [2.24, 2.45) is 5.92 Å². The summed E-state index contributed by atoms with van der Waals surface area (Å²) in [6.07, 6.45) is 16.3. The normalized spacial score (nSPS) is 16.7. The van der Waals surface area contributed by atoms with Crippen molar-refractivity contribution < 1.29 is 0 Å². The van der Waals surface area contributed by atoms with Crippen LogP contribution in [0.3, 0.4) is 0 Å². The molecule has 0 bridgehead atoms. The second-order valence-corrected chi connectivity index (χ2v) is 9.81. The second kappa shape index (κ2) is 10.8. The molecule has 1 aliphatic heterocycles. The molecule has 0 radical (unpaired) electrons. The Balaban J connectivity index is 0.000000178. The minimum absolute atomic E-state index is 0.865. The Hall–Kier alpha value is -3.52. The van der Waals surface area contributed by atoms with Crippen molar-refractivity contribution in [3.8, 4) is 0 Å². The number of hydrogen-bond acceptors (Lipinski definition) is 2. The Labute approximate surface area is 209 Å². The van der Waals surface area contributed by atoms with E-state index in [1.807, 2.05) is 12.1 Å². The largest absolute Gasteiger partial charge is 0.398 e. The van der Waals surface area contributed by atoms with Gasteiger partial charge in [-0.2, -0.15) is 0 Å². The van der Waals surface area contributed by atoms with E-state index in [2.05, 4.69) is 96.9 Å². The Morgan fingerprint density at radius 2 is 1.63 bits per heavy atom. The van der Waals surface area contributed by atoms with E-state index in [-0.39, 0.29) is 0 Å². The maximum Gasteiger partial charge on any atom is 0.0409 e. The lowest BCUT2D eigenvalue weighted by atomic mass is 9.79. The monoisotopic (exact) mass is 460 g/mol. The zero-order valence-corrected chi connectivity index (χ0v) is 20.8. The average molecular weight is 461 g/mol. The van der Waals surface area contributed by atoms with Crippen LogP contribution >= 0.6 is 0 Å². The van der Waals surface area contributed by atoms with Crippen LogP contribution in [0.25, 0.3) is 21.5 Å². The predicted molar refractivity (Wildman–Crippen MR) is 153 cm³/mol. The summed E-state index contributed by atoms with van der Waals surface area (Å²) in [5, 5.41) is 5.28. The van der Waals surface area contributed by atoms with Crippen LogP contribution < -0.4 is 10.6 Å². The van der Waals surface area contributed by atoms with Crippen LogP contribution in [-0.2, 0) is 12.8 Å². The van der Waals surface area contributed by atoms with Crippen molar-refractivity contribution in [1.82, 2.24) is 0 Å². The lowest BCUT2D eigenvalue weighted by molar-refractivity contribution is 0.414. The molecule has 0 amide bonds. The molecule has 1 atom stereocenters. The molecule has 1 unspecified atom stereocenters. The Kier molecular flexibility index (Phi) is 7.18. The first-order valence-electron chi connectivity index (χ1n) is 13.1. The van der Waals surface area contributed by atoms with Gasteiger partial charge in [0, 0.05) is 29.5 Å². The number of unbranched alkanes of at least 4 members (excludes halogenated alkanes) is 1.